The molecule has 2 aliphatic rings. The van der Waals surface area contributed by atoms with E-state index < -0.39 is 0 Å². The van der Waals surface area contributed by atoms with E-state index in [-0.39, 0.29) is 0 Å². The van der Waals surface area contributed by atoms with E-state index in [1.165, 1.54) is 12.0 Å². The molecule has 1 saturated heterocycles. The first kappa shape index (κ1) is 14.5. The van der Waals surface area contributed by atoms with Crippen molar-refractivity contribution in [2.24, 2.45) is 0 Å². The first-order valence-corrected chi connectivity index (χ1v) is 8.28. The van der Waals surface area contributed by atoms with Gasteiger partial charge in [0.05, 0.1) is 6.54 Å². The average Bonchev–Trinajstić information content (AvgIpc) is 3.24. The third-order valence-corrected chi connectivity index (χ3v) is 4.46. The molecule has 1 aromatic heterocycles. The van der Waals surface area contributed by atoms with Crippen LogP contribution in [0, 0.1) is 0 Å². The maximum Gasteiger partial charge on any atom is 0.230 e. The molecule has 2 aromatic rings. The molecule has 0 spiro atoms. The largest absolute Gasteiger partial charge is 0.486 e. The summed E-state index contributed by atoms with van der Waals surface area (Å²) in [5.41, 5.74) is 1.27. The van der Waals surface area contributed by atoms with Crippen LogP contribution in [0.1, 0.15) is 43.2 Å². The highest BCUT2D eigenvalue weighted by Crippen LogP contribution is 2.38. The molecule has 0 N–H and O–H groups in total. The Kier molecular flexibility index (Phi) is 3.91. The van der Waals surface area contributed by atoms with E-state index in [9.17, 15) is 0 Å². The Bertz CT molecular complexity index is 685. The van der Waals surface area contributed by atoms with Gasteiger partial charge >= 0.3 is 0 Å². The van der Waals surface area contributed by atoms with Gasteiger partial charge in [-0.2, -0.15) is 0 Å². The van der Waals surface area contributed by atoms with Crippen molar-refractivity contribution in [3.8, 4) is 11.5 Å². The number of likely N-dealkylation sites (tertiary alicyclic amines) is 1. The summed E-state index contributed by atoms with van der Waals surface area (Å²) >= 11 is 0. The molecule has 23 heavy (non-hydrogen) atoms. The lowest BCUT2D eigenvalue weighted by atomic mass is 10.0. The molecule has 6 nitrogen and oxygen atoms in total. The number of aryl methyl sites for hydroxylation is 1. The molecule has 2 aliphatic heterocycles. The van der Waals surface area contributed by atoms with Crippen molar-refractivity contribution < 1.29 is 13.9 Å². The minimum atomic E-state index is 0.364. The Morgan fingerprint density at radius 3 is 2.78 bits per heavy atom. The van der Waals surface area contributed by atoms with Crippen molar-refractivity contribution in [2.45, 2.75) is 38.8 Å². The monoisotopic (exact) mass is 315 g/mol. The highest BCUT2D eigenvalue weighted by molar-refractivity contribution is 5.44. The van der Waals surface area contributed by atoms with E-state index >= 15 is 0 Å². The van der Waals surface area contributed by atoms with E-state index in [1.54, 1.807) is 0 Å². The van der Waals surface area contributed by atoms with Gasteiger partial charge in [-0.25, -0.2) is 0 Å². The van der Waals surface area contributed by atoms with Gasteiger partial charge in [-0.15, -0.1) is 10.2 Å². The number of nitrogens with zero attached hydrogens (tertiary/aromatic N) is 3. The molecule has 1 unspecified atom stereocenters. The average molecular weight is 315 g/mol. The minimum Gasteiger partial charge on any atom is -0.486 e. The van der Waals surface area contributed by atoms with Crippen LogP contribution >= 0.6 is 0 Å². The molecule has 0 bridgehead atoms. The molecule has 122 valence electrons. The van der Waals surface area contributed by atoms with Crippen LogP contribution in [0.5, 0.6) is 11.5 Å². The van der Waals surface area contributed by atoms with Crippen LogP contribution in [-0.4, -0.2) is 34.9 Å². The maximum atomic E-state index is 5.71. The van der Waals surface area contributed by atoms with E-state index in [0.29, 0.717) is 37.6 Å². The second-order valence-electron chi connectivity index (χ2n) is 5.97. The summed E-state index contributed by atoms with van der Waals surface area (Å²) in [7, 11) is 0. The second-order valence-corrected chi connectivity index (χ2v) is 5.97. The predicted molar refractivity (Wildman–Crippen MR) is 83.5 cm³/mol. The topological polar surface area (TPSA) is 60.6 Å². The van der Waals surface area contributed by atoms with Crippen LogP contribution in [0.25, 0.3) is 0 Å². The summed E-state index contributed by atoms with van der Waals surface area (Å²) in [6, 6.07) is 6.63. The van der Waals surface area contributed by atoms with Gasteiger partial charge in [-0.05, 0) is 37.1 Å². The Labute approximate surface area is 135 Å². The molecule has 4 rings (SSSR count). The van der Waals surface area contributed by atoms with Gasteiger partial charge in [-0.1, -0.05) is 13.0 Å². The van der Waals surface area contributed by atoms with E-state index in [0.717, 1.165) is 30.9 Å². The number of aromatic nitrogens is 2. The lowest BCUT2D eigenvalue weighted by Crippen LogP contribution is -2.23. The minimum absolute atomic E-state index is 0.364. The van der Waals surface area contributed by atoms with Gasteiger partial charge in [0, 0.05) is 12.5 Å². The summed E-state index contributed by atoms with van der Waals surface area (Å²) in [6.07, 6.45) is 3.08. The zero-order valence-corrected chi connectivity index (χ0v) is 13.3. The molecule has 1 atom stereocenters. The highest BCUT2D eigenvalue weighted by Gasteiger charge is 2.28. The van der Waals surface area contributed by atoms with E-state index in [2.05, 4.69) is 27.2 Å². The van der Waals surface area contributed by atoms with E-state index in [1.807, 2.05) is 13.0 Å². The van der Waals surface area contributed by atoms with Crippen molar-refractivity contribution in [3.05, 3.63) is 35.5 Å². The molecule has 0 amide bonds. The summed E-state index contributed by atoms with van der Waals surface area (Å²) in [6.45, 7) is 5.01. The molecule has 6 heteroatoms. The molecule has 1 fully saturated rings. The zero-order valence-electron chi connectivity index (χ0n) is 13.3. The fraction of sp³-hybridized carbons (Fsp3) is 0.529. The molecule has 1 aromatic carbocycles. The number of hydrogen-bond donors (Lipinski definition) is 0. The number of fused-ring (bicyclic) bond motifs is 1. The van der Waals surface area contributed by atoms with Gasteiger partial charge in [0.25, 0.3) is 0 Å². The zero-order chi connectivity index (χ0) is 15.6. The quantitative estimate of drug-likeness (QED) is 0.864. The Balaban J connectivity index is 1.53. The van der Waals surface area contributed by atoms with Crippen molar-refractivity contribution in [1.29, 1.82) is 0 Å². The van der Waals surface area contributed by atoms with Crippen molar-refractivity contribution >= 4 is 0 Å². The molecular formula is C17H21N3O3. The highest BCUT2D eigenvalue weighted by atomic mass is 16.6. The van der Waals surface area contributed by atoms with Gasteiger partial charge in [-0.3, -0.25) is 4.90 Å². The molecule has 0 aliphatic carbocycles. The van der Waals surface area contributed by atoms with Gasteiger partial charge in [0.15, 0.2) is 11.5 Å². The Hall–Kier alpha value is -2.08. The normalized spacial score (nSPS) is 20.8. The maximum absolute atomic E-state index is 5.71. The molecule has 0 saturated carbocycles. The van der Waals surface area contributed by atoms with Crippen molar-refractivity contribution in [1.82, 2.24) is 15.1 Å². The lowest BCUT2D eigenvalue weighted by Gasteiger charge is -2.25. The molecule has 0 radical (unpaired) electrons. The van der Waals surface area contributed by atoms with Crippen molar-refractivity contribution in [3.63, 3.8) is 0 Å². The first-order valence-electron chi connectivity index (χ1n) is 8.28. The van der Waals surface area contributed by atoms with Gasteiger partial charge in [0.2, 0.25) is 11.8 Å². The Morgan fingerprint density at radius 1 is 1.13 bits per heavy atom. The third-order valence-electron chi connectivity index (χ3n) is 4.46. The van der Waals surface area contributed by atoms with Crippen molar-refractivity contribution in [2.75, 3.05) is 19.8 Å². The van der Waals surface area contributed by atoms with Crippen LogP contribution in [-0.2, 0) is 13.0 Å². The van der Waals surface area contributed by atoms with Crippen LogP contribution in [0.15, 0.2) is 22.6 Å². The summed E-state index contributed by atoms with van der Waals surface area (Å²) in [5, 5.41) is 8.20. The van der Waals surface area contributed by atoms with Crippen LogP contribution < -0.4 is 9.47 Å². The smallest absolute Gasteiger partial charge is 0.230 e. The summed E-state index contributed by atoms with van der Waals surface area (Å²) < 4.78 is 17.0. The SMILES string of the molecule is CCc1nnc(CN2CCCC2c2ccc3c(c2)OCCO3)o1. The van der Waals surface area contributed by atoms with E-state index in [4.69, 9.17) is 13.9 Å². The number of ether oxygens (including phenoxy) is 2. The van der Waals surface area contributed by atoms with Gasteiger partial charge in [0.1, 0.15) is 13.2 Å². The third kappa shape index (κ3) is 2.91. The number of benzene rings is 1. The Morgan fingerprint density at radius 2 is 1.96 bits per heavy atom. The number of rotatable bonds is 4. The molecule has 3 heterocycles. The van der Waals surface area contributed by atoms with Crippen LogP contribution in [0.4, 0.5) is 0 Å². The standard InChI is InChI=1S/C17H21N3O3/c1-2-16-18-19-17(23-16)11-20-7-3-4-13(20)12-5-6-14-15(10-12)22-9-8-21-14/h5-6,10,13H,2-4,7-9,11H2,1H3. The summed E-state index contributed by atoms with van der Waals surface area (Å²) in [4.78, 5) is 2.40. The summed E-state index contributed by atoms with van der Waals surface area (Å²) in [5.74, 6) is 3.10. The predicted octanol–water partition coefficient (Wildman–Crippen LogP) is 2.74. The fourth-order valence-electron chi connectivity index (χ4n) is 3.33. The lowest BCUT2D eigenvalue weighted by molar-refractivity contribution is 0.170. The molecular weight excluding hydrogens is 294 g/mol. The van der Waals surface area contributed by atoms with Crippen LogP contribution in [0.3, 0.4) is 0 Å². The second kappa shape index (κ2) is 6.20. The van der Waals surface area contributed by atoms with Crippen LogP contribution in [0.2, 0.25) is 0 Å². The fourth-order valence-corrected chi connectivity index (χ4v) is 3.33. The number of hydrogen-bond acceptors (Lipinski definition) is 6. The van der Waals surface area contributed by atoms with Gasteiger partial charge < -0.3 is 13.9 Å². The first-order chi connectivity index (χ1) is 11.3.